The molecule has 136 valence electrons. The SMILES string of the molecule is CCc1nsc(Oc2ccc(N(C)S(=O)(=O)c3ccccc3F)cc2)n1. The molecule has 0 saturated carbocycles. The number of ether oxygens (including phenoxy) is 1. The zero-order chi connectivity index (χ0) is 18.7. The number of aromatic nitrogens is 2. The summed E-state index contributed by atoms with van der Waals surface area (Å²) in [4.78, 5) is 3.84. The number of aryl methyl sites for hydroxylation is 1. The minimum atomic E-state index is -4.00. The molecule has 9 heteroatoms. The molecule has 0 unspecified atom stereocenters. The number of nitrogens with zero attached hydrogens (tertiary/aromatic N) is 3. The van der Waals surface area contributed by atoms with E-state index in [4.69, 9.17) is 4.74 Å². The lowest BCUT2D eigenvalue weighted by Gasteiger charge is -2.20. The highest BCUT2D eigenvalue weighted by atomic mass is 32.2. The average molecular weight is 393 g/mol. The first-order valence-corrected chi connectivity index (χ1v) is 9.97. The smallest absolute Gasteiger partial charge is 0.298 e. The summed E-state index contributed by atoms with van der Waals surface area (Å²) in [5.74, 6) is 0.420. The van der Waals surface area contributed by atoms with Gasteiger partial charge in [0.25, 0.3) is 15.2 Å². The minimum absolute atomic E-state index is 0.371. The van der Waals surface area contributed by atoms with E-state index in [2.05, 4.69) is 9.36 Å². The van der Waals surface area contributed by atoms with Crippen molar-refractivity contribution in [1.82, 2.24) is 9.36 Å². The first kappa shape index (κ1) is 18.3. The second-order valence-electron chi connectivity index (χ2n) is 5.33. The zero-order valence-corrected chi connectivity index (χ0v) is 15.7. The van der Waals surface area contributed by atoms with Gasteiger partial charge in [-0.05, 0) is 36.4 Å². The van der Waals surface area contributed by atoms with Gasteiger partial charge in [0.05, 0.1) is 5.69 Å². The molecule has 0 aliphatic heterocycles. The van der Waals surface area contributed by atoms with Crippen LogP contribution in [0.1, 0.15) is 12.7 Å². The van der Waals surface area contributed by atoms with Crippen LogP contribution >= 0.6 is 11.5 Å². The summed E-state index contributed by atoms with van der Waals surface area (Å²) < 4.78 is 49.8. The van der Waals surface area contributed by atoms with Crippen molar-refractivity contribution in [2.24, 2.45) is 0 Å². The molecule has 0 N–H and O–H groups in total. The predicted molar refractivity (Wildman–Crippen MR) is 97.8 cm³/mol. The molecule has 0 aliphatic carbocycles. The van der Waals surface area contributed by atoms with Gasteiger partial charge in [-0.3, -0.25) is 4.31 Å². The fraction of sp³-hybridized carbons (Fsp3) is 0.176. The van der Waals surface area contributed by atoms with E-state index in [1.165, 1.54) is 25.2 Å². The van der Waals surface area contributed by atoms with Crippen molar-refractivity contribution in [3.63, 3.8) is 0 Å². The first-order valence-electron chi connectivity index (χ1n) is 7.75. The Morgan fingerprint density at radius 1 is 1.15 bits per heavy atom. The fourth-order valence-electron chi connectivity index (χ4n) is 2.19. The fourth-order valence-corrected chi connectivity index (χ4v) is 4.08. The molecule has 2 aromatic carbocycles. The van der Waals surface area contributed by atoms with Gasteiger partial charge in [0, 0.05) is 25.0 Å². The number of hydrogen-bond donors (Lipinski definition) is 0. The van der Waals surface area contributed by atoms with E-state index in [9.17, 15) is 12.8 Å². The number of sulfonamides is 1. The van der Waals surface area contributed by atoms with Gasteiger partial charge in [0.1, 0.15) is 22.3 Å². The lowest BCUT2D eigenvalue weighted by atomic mass is 10.3. The molecule has 1 heterocycles. The molecule has 3 aromatic rings. The van der Waals surface area contributed by atoms with Crippen LogP contribution in [-0.2, 0) is 16.4 Å². The van der Waals surface area contributed by atoms with Crippen molar-refractivity contribution >= 4 is 27.2 Å². The highest BCUT2D eigenvalue weighted by Crippen LogP contribution is 2.28. The van der Waals surface area contributed by atoms with Crippen LogP contribution < -0.4 is 9.04 Å². The third kappa shape index (κ3) is 3.68. The van der Waals surface area contributed by atoms with Gasteiger partial charge in [-0.2, -0.15) is 9.36 Å². The van der Waals surface area contributed by atoms with Crippen LogP contribution in [0, 0.1) is 5.82 Å². The van der Waals surface area contributed by atoms with Crippen molar-refractivity contribution in [3.8, 4) is 10.9 Å². The summed E-state index contributed by atoms with van der Waals surface area (Å²) >= 11 is 1.15. The second kappa shape index (κ2) is 7.38. The van der Waals surface area contributed by atoms with Gasteiger partial charge < -0.3 is 4.74 Å². The molecule has 0 bridgehead atoms. The Morgan fingerprint density at radius 3 is 2.46 bits per heavy atom. The molecule has 1 aromatic heterocycles. The monoisotopic (exact) mass is 393 g/mol. The Hall–Kier alpha value is -2.52. The van der Waals surface area contributed by atoms with Crippen LogP contribution in [0.2, 0.25) is 0 Å². The van der Waals surface area contributed by atoms with Crippen LogP contribution in [-0.4, -0.2) is 24.8 Å². The minimum Gasteiger partial charge on any atom is -0.430 e. The number of benzene rings is 2. The van der Waals surface area contributed by atoms with Crippen LogP contribution in [0.15, 0.2) is 53.4 Å². The topological polar surface area (TPSA) is 72.4 Å². The summed E-state index contributed by atoms with van der Waals surface area (Å²) in [6.07, 6.45) is 0.720. The van der Waals surface area contributed by atoms with Crippen LogP contribution in [0.4, 0.5) is 10.1 Å². The Labute approximate surface area is 155 Å². The van der Waals surface area contributed by atoms with Gasteiger partial charge in [-0.15, -0.1) is 0 Å². The lowest BCUT2D eigenvalue weighted by Crippen LogP contribution is -2.27. The Morgan fingerprint density at radius 2 is 1.85 bits per heavy atom. The van der Waals surface area contributed by atoms with Gasteiger partial charge in [-0.1, -0.05) is 19.1 Å². The normalized spacial score (nSPS) is 11.3. The molecular weight excluding hydrogens is 377 g/mol. The molecular formula is C17H16FN3O3S2. The van der Waals surface area contributed by atoms with Crippen molar-refractivity contribution in [2.45, 2.75) is 18.2 Å². The van der Waals surface area contributed by atoms with Crippen molar-refractivity contribution in [1.29, 1.82) is 0 Å². The van der Waals surface area contributed by atoms with E-state index in [1.54, 1.807) is 24.3 Å². The number of hydrogen-bond acceptors (Lipinski definition) is 6. The summed E-state index contributed by atoms with van der Waals surface area (Å²) in [7, 11) is -2.63. The van der Waals surface area contributed by atoms with Crippen LogP contribution in [0.25, 0.3) is 0 Å². The molecule has 0 spiro atoms. The summed E-state index contributed by atoms with van der Waals surface area (Å²) in [5, 5.41) is 0.418. The van der Waals surface area contributed by atoms with Gasteiger partial charge in [-0.25, -0.2) is 12.8 Å². The standard InChI is InChI=1S/C17H16FN3O3S2/c1-3-16-19-17(25-20-16)24-13-10-8-12(9-11-13)21(2)26(22,23)15-7-5-4-6-14(15)18/h4-11H,3H2,1-2H3. The summed E-state index contributed by atoms with van der Waals surface area (Å²) in [6, 6.07) is 11.7. The van der Waals surface area contributed by atoms with E-state index in [-0.39, 0.29) is 4.90 Å². The molecule has 0 atom stereocenters. The predicted octanol–water partition coefficient (Wildman–Crippen LogP) is 3.86. The molecule has 0 saturated heterocycles. The number of anilines is 1. The molecule has 3 rings (SSSR count). The molecule has 0 aliphatic rings. The van der Waals surface area contributed by atoms with Crippen molar-refractivity contribution in [2.75, 3.05) is 11.4 Å². The Kier molecular flexibility index (Phi) is 5.19. The van der Waals surface area contributed by atoms with Crippen LogP contribution in [0.5, 0.6) is 10.9 Å². The average Bonchev–Trinajstić information content (AvgIpc) is 3.09. The van der Waals surface area contributed by atoms with E-state index < -0.39 is 15.8 Å². The van der Waals surface area contributed by atoms with Gasteiger partial charge in [0.2, 0.25) is 0 Å². The number of rotatable bonds is 6. The lowest BCUT2D eigenvalue weighted by molar-refractivity contribution is 0.477. The Bertz CT molecular complexity index is 1000. The molecule has 0 radical (unpaired) electrons. The van der Waals surface area contributed by atoms with E-state index in [1.807, 2.05) is 6.92 Å². The molecule has 26 heavy (non-hydrogen) atoms. The van der Waals surface area contributed by atoms with Crippen LogP contribution in [0.3, 0.4) is 0 Å². The zero-order valence-electron chi connectivity index (χ0n) is 14.1. The largest absolute Gasteiger partial charge is 0.430 e. The maximum absolute atomic E-state index is 13.9. The molecule has 0 amide bonds. The highest BCUT2D eigenvalue weighted by Gasteiger charge is 2.24. The third-order valence-corrected chi connectivity index (χ3v) is 6.10. The number of halogens is 1. The quantitative estimate of drug-likeness (QED) is 0.636. The van der Waals surface area contributed by atoms with E-state index >= 15 is 0 Å². The van der Waals surface area contributed by atoms with E-state index in [0.717, 1.165) is 28.3 Å². The summed E-state index contributed by atoms with van der Waals surface area (Å²) in [6.45, 7) is 1.95. The maximum Gasteiger partial charge on any atom is 0.298 e. The van der Waals surface area contributed by atoms with Gasteiger partial charge >= 0.3 is 0 Å². The molecule has 6 nitrogen and oxygen atoms in total. The van der Waals surface area contributed by atoms with E-state index in [0.29, 0.717) is 22.5 Å². The Balaban J connectivity index is 1.80. The molecule has 0 fully saturated rings. The van der Waals surface area contributed by atoms with Crippen molar-refractivity contribution < 1.29 is 17.5 Å². The highest BCUT2D eigenvalue weighted by molar-refractivity contribution is 7.92. The maximum atomic E-state index is 13.9. The first-order chi connectivity index (χ1) is 12.4. The summed E-state index contributed by atoms with van der Waals surface area (Å²) in [5.41, 5.74) is 0.382. The third-order valence-electron chi connectivity index (χ3n) is 3.65. The van der Waals surface area contributed by atoms with Gasteiger partial charge in [0.15, 0.2) is 0 Å². The second-order valence-corrected chi connectivity index (χ2v) is 7.98. The van der Waals surface area contributed by atoms with Crippen molar-refractivity contribution in [3.05, 3.63) is 60.2 Å².